The van der Waals surface area contributed by atoms with Gasteiger partial charge < -0.3 is 0 Å². The third-order valence-corrected chi connectivity index (χ3v) is 6.79. The summed E-state index contributed by atoms with van der Waals surface area (Å²) in [6, 6.07) is 4.97. The molecule has 1 aliphatic heterocycles. The van der Waals surface area contributed by atoms with E-state index in [4.69, 9.17) is 5.14 Å². The Morgan fingerprint density at radius 1 is 1.05 bits per heavy atom. The van der Waals surface area contributed by atoms with Crippen LogP contribution in [-0.2, 0) is 20.0 Å². The van der Waals surface area contributed by atoms with E-state index in [0.717, 1.165) is 12.8 Å². The number of sulfonamides is 2. The molecule has 1 aromatic rings. The molecule has 118 valence electrons. The van der Waals surface area contributed by atoms with Gasteiger partial charge in [0.05, 0.1) is 9.79 Å². The number of primary sulfonamides is 1. The monoisotopic (exact) mass is 332 g/mol. The van der Waals surface area contributed by atoms with Gasteiger partial charge in [0.1, 0.15) is 0 Å². The first-order chi connectivity index (χ1) is 9.62. The van der Waals surface area contributed by atoms with Crippen LogP contribution in [0, 0.1) is 5.92 Å². The minimum Gasteiger partial charge on any atom is -0.225 e. The fraction of sp³-hybridized carbons (Fsp3) is 0.538. The zero-order chi connectivity index (χ0) is 15.8. The van der Waals surface area contributed by atoms with Gasteiger partial charge in [0.2, 0.25) is 20.0 Å². The van der Waals surface area contributed by atoms with Gasteiger partial charge in [-0.25, -0.2) is 22.0 Å². The Morgan fingerprint density at radius 3 is 2.05 bits per heavy atom. The second-order valence-corrected chi connectivity index (χ2v) is 9.06. The number of nitrogens with zero attached hydrogens (tertiary/aromatic N) is 1. The summed E-state index contributed by atoms with van der Waals surface area (Å²) in [5.74, 6) is 0.510. The number of hydrogen-bond acceptors (Lipinski definition) is 4. The highest BCUT2D eigenvalue weighted by molar-refractivity contribution is 7.89. The van der Waals surface area contributed by atoms with Crippen molar-refractivity contribution in [2.75, 3.05) is 6.54 Å². The molecule has 1 aromatic carbocycles. The molecule has 0 aliphatic carbocycles. The average Bonchev–Trinajstić information content (AvgIpc) is 2.37. The summed E-state index contributed by atoms with van der Waals surface area (Å²) in [7, 11) is -7.42. The van der Waals surface area contributed by atoms with E-state index in [9.17, 15) is 16.8 Å². The Bertz CT molecular complexity index is 711. The Kier molecular flexibility index (Phi) is 4.44. The van der Waals surface area contributed by atoms with Crippen LogP contribution in [0.4, 0.5) is 0 Å². The van der Waals surface area contributed by atoms with E-state index in [2.05, 4.69) is 6.92 Å². The zero-order valence-corrected chi connectivity index (χ0v) is 13.7. The molecule has 0 amide bonds. The fourth-order valence-corrected chi connectivity index (χ4v) is 4.85. The number of hydrogen-bond donors (Lipinski definition) is 1. The van der Waals surface area contributed by atoms with Crippen LogP contribution in [0.2, 0.25) is 0 Å². The lowest BCUT2D eigenvalue weighted by Crippen LogP contribution is -2.44. The van der Waals surface area contributed by atoms with Crippen LogP contribution in [-0.4, -0.2) is 33.7 Å². The lowest BCUT2D eigenvalue weighted by Gasteiger charge is -2.35. The smallest absolute Gasteiger partial charge is 0.225 e. The molecule has 0 aromatic heterocycles. The van der Waals surface area contributed by atoms with E-state index >= 15 is 0 Å². The minimum atomic E-state index is -3.82. The lowest BCUT2D eigenvalue weighted by molar-refractivity contribution is 0.220. The number of piperidine rings is 1. The highest BCUT2D eigenvalue weighted by Crippen LogP contribution is 2.28. The Hall–Kier alpha value is -0.960. The highest BCUT2D eigenvalue weighted by atomic mass is 32.2. The lowest BCUT2D eigenvalue weighted by atomic mass is 9.95. The summed E-state index contributed by atoms with van der Waals surface area (Å²) in [5, 5.41) is 5.01. The topological polar surface area (TPSA) is 97.5 Å². The SMILES string of the molecule is CC1CCN(S(=O)(=O)c2ccc(S(N)(=O)=O)cc2)C(C)C1. The molecular weight excluding hydrogens is 312 g/mol. The van der Waals surface area contributed by atoms with E-state index in [0.29, 0.717) is 12.5 Å². The van der Waals surface area contributed by atoms with Crippen LogP contribution in [0.3, 0.4) is 0 Å². The summed E-state index contributed by atoms with van der Waals surface area (Å²) >= 11 is 0. The molecule has 2 rings (SSSR count). The van der Waals surface area contributed by atoms with Crippen LogP contribution in [0.25, 0.3) is 0 Å². The van der Waals surface area contributed by atoms with Gasteiger partial charge in [-0.05, 0) is 49.9 Å². The van der Waals surface area contributed by atoms with Gasteiger partial charge in [0, 0.05) is 12.6 Å². The van der Waals surface area contributed by atoms with Crippen LogP contribution < -0.4 is 5.14 Å². The molecule has 21 heavy (non-hydrogen) atoms. The molecule has 1 fully saturated rings. The Balaban J connectivity index is 2.32. The van der Waals surface area contributed by atoms with Gasteiger partial charge in [0.15, 0.2) is 0 Å². The van der Waals surface area contributed by atoms with Gasteiger partial charge in [-0.3, -0.25) is 0 Å². The first-order valence-electron chi connectivity index (χ1n) is 6.77. The molecular formula is C13H20N2O4S2. The molecule has 1 aliphatic rings. The number of nitrogens with two attached hydrogens (primary N) is 1. The summed E-state index contributed by atoms with van der Waals surface area (Å²) < 4.78 is 49.1. The summed E-state index contributed by atoms with van der Waals surface area (Å²) in [6.45, 7) is 4.49. The largest absolute Gasteiger partial charge is 0.243 e. The summed E-state index contributed by atoms with van der Waals surface area (Å²) in [6.07, 6.45) is 1.66. The van der Waals surface area contributed by atoms with E-state index in [1.807, 2.05) is 6.92 Å². The van der Waals surface area contributed by atoms with Crippen molar-refractivity contribution in [1.29, 1.82) is 0 Å². The van der Waals surface area contributed by atoms with E-state index in [-0.39, 0.29) is 15.8 Å². The first kappa shape index (κ1) is 16.4. The van der Waals surface area contributed by atoms with Gasteiger partial charge in [-0.2, -0.15) is 4.31 Å². The standard InChI is InChI=1S/C13H20N2O4S2/c1-10-7-8-15(11(2)9-10)21(18,19)13-5-3-12(4-6-13)20(14,16)17/h3-6,10-11H,7-9H2,1-2H3,(H2,14,16,17). The van der Waals surface area contributed by atoms with Gasteiger partial charge >= 0.3 is 0 Å². The predicted octanol–water partition coefficient (Wildman–Crippen LogP) is 1.14. The van der Waals surface area contributed by atoms with Crippen molar-refractivity contribution in [3.63, 3.8) is 0 Å². The van der Waals surface area contributed by atoms with Crippen molar-refractivity contribution in [3.8, 4) is 0 Å². The van der Waals surface area contributed by atoms with E-state index in [1.165, 1.54) is 28.6 Å². The molecule has 2 unspecified atom stereocenters. The molecule has 0 spiro atoms. The molecule has 8 heteroatoms. The molecule has 6 nitrogen and oxygen atoms in total. The molecule has 0 radical (unpaired) electrons. The van der Waals surface area contributed by atoms with Crippen molar-refractivity contribution in [2.45, 2.75) is 42.5 Å². The van der Waals surface area contributed by atoms with Crippen LogP contribution in [0.1, 0.15) is 26.7 Å². The quantitative estimate of drug-likeness (QED) is 0.897. The maximum absolute atomic E-state index is 12.6. The zero-order valence-electron chi connectivity index (χ0n) is 12.1. The second kappa shape index (κ2) is 5.68. The summed E-state index contributed by atoms with van der Waals surface area (Å²) in [4.78, 5) is -0.00179. The third kappa shape index (κ3) is 3.45. The Morgan fingerprint density at radius 2 is 1.57 bits per heavy atom. The molecule has 2 N–H and O–H groups in total. The number of benzene rings is 1. The average molecular weight is 332 g/mol. The fourth-order valence-electron chi connectivity index (χ4n) is 2.68. The maximum atomic E-state index is 12.6. The number of rotatable bonds is 3. The molecule has 0 saturated carbocycles. The second-order valence-electron chi connectivity index (χ2n) is 5.61. The van der Waals surface area contributed by atoms with Gasteiger partial charge in [0.25, 0.3) is 0 Å². The molecule has 0 bridgehead atoms. The maximum Gasteiger partial charge on any atom is 0.243 e. The molecule has 1 saturated heterocycles. The summed E-state index contributed by atoms with van der Waals surface area (Å²) in [5.41, 5.74) is 0. The minimum absolute atomic E-state index is 0.0586. The predicted molar refractivity (Wildman–Crippen MR) is 79.6 cm³/mol. The van der Waals surface area contributed by atoms with E-state index < -0.39 is 20.0 Å². The van der Waals surface area contributed by atoms with Crippen LogP contribution in [0.5, 0.6) is 0 Å². The third-order valence-electron chi connectivity index (χ3n) is 3.84. The van der Waals surface area contributed by atoms with Crippen LogP contribution >= 0.6 is 0 Å². The van der Waals surface area contributed by atoms with Gasteiger partial charge in [-0.1, -0.05) is 6.92 Å². The normalized spacial score (nSPS) is 24.9. The Labute approximate surface area is 126 Å². The van der Waals surface area contributed by atoms with Gasteiger partial charge in [-0.15, -0.1) is 0 Å². The van der Waals surface area contributed by atoms with Crippen molar-refractivity contribution in [1.82, 2.24) is 4.31 Å². The first-order valence-corrected chi connectivity index (χ1v) is 9.75. The highest BCUT2D eigenvalue weighted by Gasteiger charge is 2.33. The van der Waals surface area contributed by atoms with E-state index in [1.54, 1.807) is 0 Å². The van der Waals surface area contributed by atoms with Crippen LogP contribution in [0.15, 0.2) is 34.1 Å². The molecule has 1 heterocycles. The molecule has 2 atom stereocenters. The van der Waals surface area contributed by atoms with Crippen molar-refractivity contribution in [3.05, 3.63) is 24.3 Å². The van der Waals surface area contributed by atoms with Crippen molar-refractivity contribution >= 4 is 20.0 Å². The van der Waals surface area contributed by atoms with Crippen molar-refractivity contribution < 1.29 is 16.8 Å². The van der Waals surface area contributed by atoms with Crippen molar-refractivity contribution in [2.24, 2.45) is 11.1 Å².